The number of sulfonamides is 1. The fourth-order valence-corrected chi connectivity index (χ4v) is 3.82. The number of anilines is 1. The van der Waals surface area contributed by atoms with Gasteiger partial charge in [0.15, 0.2) is 5.65 Å². The highest BCUT2D eigenvalue weighted by Crippen LogP contribution is 2.22. The highest BCUT2D eigenvalue weighted by atomic mass is 32.2. The number of nitrogens with one attached hydrogen (secondary N) is 1. The molecule has 0 aliphatic carbocycles. The summed E-state index contributed by atoms with van der Waals surface area (Å²) in [5.41, 5.74) is 3.36. The first-order valence-corrected chi connectivity index (χ1v) is 9.56. The molecule has 4 rings (SSSR count). The predicted octanol–water partition coefficient (Wildman–Crippen LogP) is 2.73. The first-order valence-electron chi connectivity index (χ1n) is 7.91. The van der Waals surface area contributed by atoms with Crippen molar-refractivity contribution in [3.05, 3.63) is 78.6 Å². The largest absolute Gasteiger partial charge is 0.283 e. The van der Waals surface area contributed by atoms with Crippen LogP contribution >= 0.6 is 0 Å². The van der Waals surface area contributed by atoms with Crippen molar-refractivity contribution in [3.63, 3.8) is 0 Å². The van der Waals surface area contributed by atoms with Gasteiger partial charge < -0.3 is 0 Å². The van der Waals surface area contributed by atoms with Crippen LogP contribution in [-0.4, -0.2) is 28.2 Å². The normalized spacial score (nSPS) is 11.5. The van der Waals surface area contributed by atoms with Crippen LogP contribution in [0.2, 0.25) is 0 Å². The van der Waals surface area contributed by atoms with Gasteiger partial charge in [-0.3, -0.25) is 4.72 Å². The Morgan fingerprint density at radius 3 is 2.65 bits per heavy atom. The summed E-state index contributed by atoms with van der Waals surface area (Å²) in [6.07, 6.45) is 1.52. The Bertz CT molecular complexity index is 1160. The summed E-state index contributed by atoms with van der Waals surface area (Å²) < 4.78 is 29.0. The molecule has 0 bridgehead atoms. The molecule has 0 radical (unpaired) electrons. The Balaban J connectivity index is 1.59. The van der Waals surface area contributed by atoms with E-state index in [4.69, 9.17) is 0 Å². The second kappa shape index (κ2) is 6.57. The third-order valence-electron chi connectivity index (χ3n) is 3.79. The summed E-state index contributed by atoms with van der Waals surface area (Å²) in [5.74, 6) is -0.0804. The van der Waals surface area contributed by atoms with Crippen LogP contribution < -0.4 is 4.72 Å². The molecule has 0 unspecified atom stereocenters. The van der Waals surface area contributed by atoms with Crippen LogP contribution in [0.5, 0.6) is 0 Å². The van der Waals surface area contributed by atoms with Gasteiger partial charge in [-0.05, 0) is 29.8 Å². The van der Waals surface area contributed by atoms with Crippen molar-refractivity contribution in [2.24, 2.45) is 0 Å². The first kappa shape index (κ1) is 16.2. The van der Waals surface area contributed by atoms with E-state index in [1.165, 1.54) is 6.33 Å². The zero-order valence-corrected chi connectivity index (χ0v) is 14.5. The molecule has 4 aromatic rings. The van der Waals surface area contributed by atoms with E-state index < -0.39 is 10.0 Å². The Kier molecular flexibility index (Phi) is 4.10. The fraction of sp³-hybridized carbons (Fsp3) is 0.0556. The van der Waals surface area contributed by atoms with Crippen molar-refractivity contribution in [1.29, 1.82) is 0 Å². The second-order valence-corrected chi connectivity index (χ2v) is 7.50. The van der Waals surface area contributed by atoms with Gasteiger partial charge in [-0.25, -0.2) is 8.42 Å². The van der Waals surface area contributed by atoms with E-state index in [1.54, 1.807) is 34.8 Å². The van der Waals surface area contributed by atoms with Crippen molar-refractivity contribution in [3.8, 4) is 11.3 Å². The fourth-order valence-electron chi connectivity index (χ4n) is 2.63. The monoisotopic (exact) mass is 365 g/mol. The molecule has 0 aliphatic rings. The van der Waals surface area contributed by atoms with Crippen LogP contribution in [0.25, 0.3) is 16.9 Å². The Morgan fingerprint density at radius 1 is 0.962 bits per heavy atom. The molecule has 130 valence electrons. The van der Waals surface area contributed by atoms with Gasteiger partial charge in [0.05, 0.1) is 11.4 Å². The van der Waals surface area contributed by atoms with Gasteiger partial charge in [0.25, 0.3) is 0 Å². The van der Waals surface area contributed by atoms with E-state index in [0.717, 1.165) is 11.1 Å². The maximum Gasteiger partial charge on any atom is 0.236 e. The zero-order chi connectivity index (χ0) is 18.0. The third-order valence-corrected chi connectivity index (χ3v) is 5.05. The molecule has 2 aromatic carbocycles. The standard InChI is InChI=1S/C18H15N5O2S/c24-26(25,12-14-5-2-1-3-6-14)22-16-8-4-7-15(11-16)17-9-10-18-20-19-13-23(18)21-17/h1-11,13,22H,12H2. The molecule has 0 spiro atoms. The molecule has 26 heavy (non-hydrogen) atoms. The average Bonchev–Trinajstić information content (AvgIpc) is 3.09. The number of benzene rings is 2. The molecule has 2 heterocycles. The zero-order valence-electron chi connectivity index (χ0n) is 13.6. The number of nitrogens with zero attached hydrogens (tertiary/aromatic N) is 4. The SMILES string of the molecule is O=S(=O)(Cc1ccccc1)Nc1cccc(-c2ccc3nncn3n2)c1. The summed E-state index contributed by atoms with van der Waals surface area (Å²) >= 11 is 0. The quantitative estimate of drug-likeness (QED) is 0.587. The first-order chi connectivity index (χ1) is 12.6. The van der Waals surface area contributed by atoms with Gasteiger partial charge in [-0.2, -0.15) is 9.61 Å². The Hall–Kier alpha value is -3.26. The Morgan fingerprint density at radius 2 is 1.81 bits per heavy atom. The van der Waals surface area contributed by atoms with Crippen molar-refractivity contribution < 1.29 is 8.42 Å². The predicted molar refractivity (Wildman–Crippen MR) is 98.9 cm³/mol. The molecule has 0 amide bonds. The molecular weight excluding hydrogens is 350 g/mol. The van der Waals surface area contributed by atoms with Crippen LogP contribution in [0.1, 0.15) is 5.56 Å². The highest BCUT2D eigenvalue weighted by Gasteiger charge is 2.12. The summed E-state index contributed by atoms with van der Waals surface area (Å²) in [6.45, 7) is 0. The maximum absolute atomic E-state index is 12.4. The van der Waals surface area contributed by atoms with Crippen LogP contribution in [0.15, 0.2) is 73.1 Å². The van der Waals surface area contributed by atoms with E-state index >= 15 is 0 Å². The lowest BCUT2D eigenvalue weighted by atomic mass is 10.1. The number of aromatic nitrogens is 4. The van der Waals surface area contributed by atoms with Crippen molar-refractivity contribution in [2.75, 3.05) is 4.72 Å². The molecule has 0 aliphatic heterocycles. The number of hydrogen-bond acceptors (Lipinski definition) is 5. The topological polar surface area (TPSA) is 89.2 Å². The van der Waals surface area contributed by atoms with Crippen LogP contribution in [-0.2, 0) is 15.8 Å². The van der Waals surface area contributed by atoms with Crippen molar-refractivity contribution in [1.82, 2.24) is 19.8 Å². The molecule has 0 saturated carbocycles. The third kappa shape index (κ3) is 3.55. The molecule has 7 nitrogen and oxygen atoms in total. The molecule has 0 fully saturated rings. The lowest BCUT2D eigenvalue weighted by Gasteiger charge is -2.09. The lowest BCUT2D eigenvalue weighted by molar-refractivity contribution is 0.600. The van der Waals surface area contributed by atoms with E-state index in [9.17, 15) is 8.42 Å². The Labute approximate surface area is 150 Å². The van der Waals surface area contributed by atoms with E-state index in [1.807, 2.05) is 36.4 Å². The summed E-state index contributed by atoms with van der Waals surface area (Å²) in [6, 6.07) is 19.8. The van der Waals surface area contributed by atoms with Gasteiger partial charge in [0, 0.05) is 11.3 Å². The van der Waals surface area contributed by atoms with E-state index in [2.05, 4.69) is 20.0 Å². The minimum Gasteiger partial charge on any atom is -0.283 e. The number of hydrogen-bond donors (Lipinski definition) is 1. The minimum atomic E-state index is -3.51. The lowest BCUT2D eigenvalue weighted by Crippen LogP contribution is -2.15. The molecular formula is C18H15N5O2S. The maximum atomic E-state index is 12.4. The minimum absolute atomic E-state index is 0.0804. The average molecular weight is 365 g/mol. The summed E-state index contributed by atoms with van der Waals surface area (Å²) in [7, 11) is -3.51. The molecule has 8 heteroatoms. The molecule has 0 atom stereocenters. The van der Waals surface area contributed by atoms with Crippen molar-refractivity contribution >= 4 is 21.4 Å². The highest BCUT2D eigenvalue weighted by molar-refractivity contribution is 7.91. The smallest absolute Gasteiger partial charge is 0.236 e. The van der Waals surface area contributed by atoms with Gasteiger partial charge in [0.1, 0.15) is 6.33 Å². The van der Waals surface area contributed by atoms with Gasteiger partial charge in [-0.15, -0.1) is 10.2 Å². The second-order valence-electron chi connectivity index (χ2n) is 5.78. The van der Waals surface area contributed by atoms with E-state index in [0.29, 0.717) is 17.0 Å². The summed E-state index contributed by atoms with van der Waals surface area (Å²) in [4.78, 5) is 0. The van der Waals surface area contributed by atoms with E-state index in [-0.39, 0.29) is 5.75 Å². The number of fused-ring (bicyclic) bond motifs is 1. The molecule has 2 aromatic heterocycles. The van der Waals surface area contributed by atoms with Gasteiger partial charge in [-0.1, -0.05) is 42.5 Å². The van der Waals surface area contributed by atoms with Gasteiger partial charge >= 0.3 is 0 Å². The van der Waals surface area contributed by atoms with Gasteiger partial charge in [0.2, 0.25) is 10.0 Å². The summed E-state index contributed by atoms with van der Waals surface area (Å²) in [5, 5.41) is 12.1. The van der Waals surface area contributed by atoms with Crippen LogP contribution in [0.3, 0.4) is 0 Å². The van der Waals surface area contributed by atoms with Crippen LogP contribution in [0.4, 0.5) is 5.69 Å². The van der Waals surface area contributed by atoms with Crippen LogP contribution in [0, 0.1) is 0 Å². The molecule has 1 N–H and O–H groups in total. The molecule has 0 saturated heterocycles. The number of rotatable bonds is 5. The van der Waals surface area contributed by atoms with Crippen molar-refractivity contribution in [2.45, 2.75) is 5.75 Å².